The van der Waals surface area contributed by atoms with Gasteiger partial charge in [0, 0.05) is 10.7 Å². The molecule has 1 amide bonds. The number of carboxylic acids is 1. The summed E-state index contributed by atoms with van der Waals surface area (Å²) in [5, 5.41) is 12.0. The van der Waals surface area contributed by atoms with Crippen LogP contribution in [-0.2, 0) is 6.42 Å². The number of nitrogens with one attached hydrogen (secondary N) is 1. The Morgan fingerprint density at radius 1 is 1.29 bits per heavy atom. The number of hydrogen-bond acceptors (Lipinski definition) is 3. The molecule has 0 spiro atoms. The summed E-state index contributed by atoms with van der Waals surface area (Å²) in [5.41, 5.74) is 2.00. The van der Waals surface area contributed by atoms with E-state index >= 15 is 0 Å². The number of rotatable bonds is 4. The number of halogens is 1. The molecule has 2 aromatic heterocycles. The van der Waals surface area contributed by atoms with Crippen LogP contribution in [0.1, 0.15) is 33.5 Å². The van der Waals surface area contributed by atoms with Crippen molar-refractivity contribution in [2.45, 2.75) is 13.3 Å². The minimum absolute atomic E-state index is 0.0181. The molecule has 0 radical (unpaired) electrons. The fourth-order valence-corrected chi connectivity index (χ4v) is 2.88. The lowest BCUT2D eigenvalue weighted by Crippen LogP contribution is -2.18. The molecule has 0 saturated heterocycles. The van der Waals surface area contributed by atoms with Gasteiger partial charge in [-0.15, -0.1) is 0 Å². The fraction of sp³-hybridized carbons (Fsp3) is 0.118. The van der Waals surface area contributed by atoms with Crippen LogP contribution in [0.2, 0.25) is 0 Å². The standard InChI is InChI=1S/C17H14BrN3O3/c1-2-12-15(21-8-4-3-5-14(21)19-12)16(22)20-13-7-6-10(18)9-11(13)17(23)24/h3-9H,2H2,1H3,(H,20,22)(H,23,24). The molecule has 0 aliphatic rings. The van der Waals surface area contributed by atoms with Crippen molar-refractivity contribution in [3.05, 3.63) is 64.0 Å². The zero-order valence-electron chi connectivity index (χ0n) is 12.8. The number of pyridine rings is 1. The maximum Gasteiger partial charge on any atom is 0.337 e. The Hall–Kier alpha value is -2.67. The number of carboxylic acid groups (broad SMARTS) is 1. The largest absolute Gasteiger partial charge is 0.478 e. The van der Waals surface area contributed by atoms with E-state index < -0.39 is 11.9 Å². The summed E-state index contributed by atoms with van der Waals surface area (Å²) in [5.74, 6) is -1.50. The van der Waals surface area contributed by atoms with Crippen molar-refractivity contribution in [2.75, 3.05) is 5.32 Å². The number of aromatic carboxylic acids is 1. The molecule has 1 aromatic carbocycles. The number of aromatic nitrogens is 2. The molecule has 3 rings (SSSR count). The molecule has 3 aromatic rings. The average molecular weight is 388 g/mol. The molecule has 0 aliphatic carbocycles. The monoisotopic (exact) mass is 387 g/mol. The van der Waals surface area contributed by atoms with Crippen LogP contribution in [0.5, 0.6) is 0 Å². The van der Waals surface area contributed by atoms with Crippen LogP contribution in [0.15, 0.2) is 47.1 Å². The zero-order chi connectivity index (χ0) is 17.3. The third-order valence-electron chi connectivity index (χ3n) is 3.61. The lowest BCUT2D eigenvalue weighted by atomic mass is 10.1. The highest BCUT2D eigenvalue weighted by molar-refractivity contribution is 9.10. The van der Waals surface area contributed by atoms with Gasteiger partial charge in [-0.25, -0.2) is 9.78 Å². The highest BCUT2D eigenvalue weighted by atomic mass is 79.9. The third kappa shape index (κ3) is 2.90. The molecular weight excluding hydrogens is 374 g/mol. The topological polar surface area (TPSA) is 83.7 Å². The Kier molecular flexibility index (Phi) is 4.35. The second-order valence-corrected chi connectivity index (χ2v) is 6.05. The van der Waals surface area contributed by atoms with Gasteiger partial charge >= 0.3 is 5.97 Å². The van der Waals surface area contributed by atoms with E-state index in [2.05, 4.69) is 26.2 Å². The molecule has 0 atom stereocenters. The van der Waals surface area contributed by atoms with Crippen LogP contribution in [0.4, 0.5) is 5.69 Å². The normalized spacial score (nSPS) is 10.8. The Morgan fingerprint density at radius 3 is 2.79 bits per heavy atom. The van der Waals surface area contributed by atoms with E-state index in [1.54, 1.807) is 22.7 Å². The van der Waals surface area contributed by atoms with Crippen molar-refractivity contribution in [2.24, 2.45) is 0 Å². The van der Waals surface area contributed by atoms with Gasteiger partial charge in [-0.3, -0.25) is 9.20 Å². The summed E-state index contributed by atoms with van der Waals surface area (Å²) in [4.78, 5) is 28.6. The number of carbonyl (C=O) groups excluding carboxylic acids is 1. The van der Waals surface area contributed by atoms with E-state index in [4.69, 9.17) is 0 Å². The number of imidazole rings is 1. The van der Waals surface area contributed by atoms with Crippen LogP contribution in [0, 0.1) is 0 Å². The first-order valence-electron chi connectivity index (χ1n) is 7.31. The Balaban J connectivity index is 2.04. The maximum atomic E-state index is 12.8. The van der Waals surface area contributed by atoms with E-state index in [1.165, 1.54) is 6.07 Å². The fourth-order valence-electron chi connectivity index (χ4n) is 2.52. The van der Waals surface area contributed by atoms with Crippen LogP contribution in [-0.4, -0.2) is 26.4 Å². The number of aryl methyl sites for hydroxylation is 1. The van der Waals surface area contributed by atoms with Gasteiger partial charge in [0.15, 0.2) is 0 Å². The molecule has 24 heavy (non-hydrogen) atoms. The van der Waals surface area contributed by atoms with E-state index in [0.717, 1.165) is 0 Å². The second kappa shape index (κ2) is 6.45. The van der Waals surface area contributed by atoms with E-state index in [1.807, 2.05) is 25.1 Å². The molecule has 0 fully saturated rings. The van der Waals surface area contributed by atoms with Crippen molar-refractivity contribution < 1.29 is 14.7 Å². The van der Waals surface area contributed by atoms with Gasteiger partial charge < -0.3 is 10.4 Å². The molecule has 0 saturated carbocycles. The summed E-state index contributed by atoms with van der Waals surface area (Å²) < 4.78 is 2.33. The molecule has 7 heteroatoms. The van der Waals surface area contributed by atoms with E-state index in [9.17, 15) is 14.7 Å². The number of nitrogens with zero attached hydrogens (tertiary/aromatic N) is 2. The van der Waals surface area contributed by atoms with Gasteiger partial charge in [-0.1, -0.05) is 28.9 Å². The number of benzene rings is 1. The maximum absolute atomic E-state index is 12.8. The molecule has 0 unspecified atom stereocenters. The van der Waals surface area contributed by atoms with Crippen LogP contribution in [0.25, 0.3) is 5.65 Å². The van der Waals surface area contributed by atoms with Crippen LogP contribution >= 0.6 is 15.9 Å². The number of fused-ring (bicyclic) bond motifs is 1. The second-order valence-electron chi connectivity index (χ2n) is 5.14. The third-order valence-corrected chi connectivity index (χ3v) is 4.11. The van der Waals surface area contributed by atoms with Gasteiger partial charge in [0.05, 0.1) is 16.9 Å². The van der Waals surface area contributed by atoms with Crippen molar-refractivity contribution in [1.29, 1.82) is 0 Å². The predicted molar refractivity (Wildman–Crippen MR) is 93.6 cm³/mol. The molecule has 122 valence electrons. The highest BCUT2D eigenvalue weighted by Gasteiger charge is 2.20. The van der Waals surface area contributed by atoms with Gasteiger partial charge in [0.25, 0.3) is 5.91 Å². The van der Waals surface area contributed by atoms with Gasteiger partial charge in [0.1, 0.15) is 11.3 Å². The Labute approximate surface area is 146 Å². The first kappa shape index (κ1) is 16.2. The van der Waals surface area contributed by atoms with Gasteiger partial charge in [-0.2, -0.15) is 0 Å². The lowest BCUT2D eigenvalue weighted by molar-refractivity contribution is 0.0698. The summed E-state index contributed by atoms with van der Waals surface area (Å²) in [6.07, 6.45) is 2.35. The molecule has 2 N–H and O–H groups in total. The van der Waals surface area contributed by atoms with E-state index in [-0.39, 0.29) is 11.3 Å². The molecule has 2 heterocycles. The number of amides is 1. The van der Waals surface area contributed by atoms with Gasteiger partial charge in [0.2, 0.25) is 0 Å². The number of carbonyl (C=O) groups is 2. The van der Waals surface area contributed by atoms with Crippen molar-refractivity contribution in [3.63, 3.8) is 0 Å². The Bertz CT molecular complexity index is 949. The minimum Gasteiger partial charge on any atom is -0.478 e. The van der Waals surface area contributed by atoms with Crippen molar-refractivity contribution >= 4 is 39.1 Å². The molecule has 6 nitrogen and oxygen atoms in total. The lowest BCUT2D eigenvalue weighted by Gasteiger charge is -2.10. The van der Waals surface area contributed by atoms with E-state index in [0.29, 0.717) is 27.9 Å². The van der Waals surface area contributed by atoms with Crippen molar-refractivity contribution in [3.8, 4) is 0 Å². The minimum atomic E-state index is -1.11. The summed E-state index contributed by atoms with van der Waals surface area (Å²) in [7, 11) is 0. The number of hydrogen-bond donors (Lipinski definition) is 2. The molecule has 0 aliphatic heterocycles. The summed E-state index contributed by atoms with van der Waals surface area (Å²) in [6, 6.07) is 10.2. The molecule has 0 bridgehead atoms. The zero-order valence-corrected chi connectivity index (χ0v) is 14.4. The SMILES string of the molecule is CCc1nc2ccccn2c1C(=O)Nc1ccc(Br)cc1C(=O)O. The van der Waals surface area contributed by atoms with Gasteiger partial charge in [-0.05, 0) is 36.8 Å². The highest BCUT2D eigenvalue weighted by Crippen LogP contribution is 2.23. The summed E-state index contributed by atoms with van der Waals surface area (Å²) in [6.45, 7) is 1.92. The first-order chi connectivity index (χ1) is 11.5. The Morgan fingerprint density at radius 2 is 2.08 bits per heavy atom. The molecular formula is C17H14BrN3O3. The predicted octanol–water partition coefficient (Wildman–Crippen LogP) is 3.61. The smallest absolute Gasteiger partial charge is 0.337 e. The first-order valence-corrected chi connectivity index (χ1v) is 8.10. The number of anilines is 1. The van der Waals surface area contributed by atoms with Crippen LogP contribution in [0.3, 0.4) is 0 Å². The summed E-state index contributed by atoms with van der Waals surface area (Å²) >= 11 is 3.23. The van der Waals surface area contributed by atoms with Crippen LogP contribution < -0.4 is 5.32 Å². The average Bonchev–Trinajstić information content (AvgIpc) is 2.94. The van der Waals surface area contributed by atoms with Crippen molar-refractivity contribution in [1.82, 2.24) is 9.38 Å². The quantitative estimate of drug-likeness (QED) is 0.715.